The lowest BCUT2D eigenvalue weighted by molar-refractivity contribution is -0.153. The van der Waals surface area contributed by atoms with Crippen molar-refractivity contribution in [2.75, 3.05) is 36.4 Å². The summed E-state index contributed by atoms with van der Waals surface area (Å²) in [6.45, 7) is 2.15. The molecule has 2 amide bonds. The first-order chi connectivity index (χ1) is 19.6. The number of benzene rings is 2. The number of anilines is 2. The van der Waals surface area contributed by atoms with E-state index >= 15 is 0 Å². The Morgan fingerprint density at radius 1 is 0.927 bits per heavy atom. The van der Waals surface area contributed by atoms with Crippen molar-refractivity contribution < 1.29 is 37.1 Å². The van der Waals surface area contributed by atoms with Crippen molar-refractivity contribution in [1.82, 2.24) is 9.88 Å². The highest BCUT2D eigenvalue weighted by Crippen LogP contribution is 2.36. The SMILES string of the molecule is O=C(Nc1ccc(N2CCN(C(=O)[C@H]3CCC[C@@H](C(=O)O)C3)CC2)cc1)c1nc(-c2ccccc2)oc1C(F)(F)F. The summed E-state index contributed by atoms with van der Waals surface area (Å²) in [5.74, 6) is -4.37. The Hall–Kier alpha value is -4.35. The van der Waals surface area contributed by atoms with Crippen LogP contribution in [0.2, 0.25) is 0 Å². The van der Waals surface area contributed by atoms with Crippen molar-refractivity contribution in [3.63, 3.8) is 0 Å². The topological polar surface area (TPSA) is 116 Å². The van der Waals surface area contributed by atoms with Gasteiger partial charge in [-0.2, -0.15) is 13.2 Å². The summed E-state index contributed by atoms with van der Waals surface area (Å²) in [6.07, 6.45) is -2.47. The molecule has 3 aromatic rings. The Labute approximate surface area is 234 Å². The van der Waals surface area contributed by atoms with E-state index in [0.717, 1.165) is 12.1 Å². The molecule has 0 radical (unpaired) electrons. The van der Waals surface area contributed by atoms with Crippen LogP contribution in [0, 0.1) is 11.8 Å². The van der Waals surface area contributed by atoms with E-state index in [0.29, 0.717) is 51.0 Å². The second-order valence-electron chi connectivity index (χ2n) is 10.3. The molecule has 12 heteroatoms. The minimum absolute atomic E-state index is 0.00941. The minimum Gasteiger partial charge on any atom is -0.481 e. The third-order valence-electron chi connectivity index (χ3n) is 7.57. The van der Waals surface area contributed by atoms with Gasteiger partial charge in [0.05, 0.1) is 5.92 Å². The highest BCUT2D eigenvalue weighted by Gasteiger charge is 2.42. The number of carbonyl (C=O) groups is 3. The Balaban J connectivity index is 1.20. The smallest absolute Gasteiger partial charge is 0.452 e. The number of nitrogens with one attached hydrogen (secondary N) is 1. The van der Waals surface area contributed by atoms with Gasteiger partial charge < -0.3 is 24.6 Å². The summed E-state index contributed by atoms with van der Waals surface area (Å²) in [4.78, 5) is 44.8. The summed E-state index contributed by atoms with van der Waals surface area (Å²) in [5, 5.41) is 11.8. The van der Waals surface area contributed by atoms with E-state index in [4.69, 9.17) is 4.42 Å². The molecule has 5 rings (SSSR count). The summed E-state index contributed by atoms with van der Waals surface area (Å²) in [5.41, 5.74) is 0.581. The Morgan fingerprint density at radius 2 is 1.59 bits per heavy atom. The first-order valence-corrected chi connectivity index (χ1v) is 13.4. The maximum atomic E-state index is 13.6. The van der Waals surface area contributed by atoms with E-state index < -0.39 is 35.4 Å². The number of rotatable bonds is 6. The van der Waals surface area contributed by atoms with Gasteiger partial charge in [-0.15, -0.1) is 0 Å². The van der Waals surface area contributed by atoms with E-state index in [1.165, 1.54) is 12.1 Å². The Bertz CT molecular complexity index is 1400. The number of aromatic nitrogens is 1. The van der Waals surface area contributed by atoms with Gasteiger partial charge in [-0.05, 0) is 55.7 Å². The number of carboxylic acid groups (broad SMARTS) is 1. The van der Waals surface area contributed by atoms with Gasteiger partial charge in [-0.3, -0.25) is 14.4 Å². The number of oxazole rings is 1. The van der Waals surface area contributed by atoms with Crippen molar-refractivity contribution in [3.05, 3.63) is 66.1 Å². The predicted molar refractivity (Wildman–Crippen MR) is 143 cm³/mol. The number of hydrogen-bond donors (Lipinski definition) is 2. The number of hydrogen-bond acceptors (Lipinski definition) is 6. The Kier molecular flexibility index (Phi) is 8.00. The van der Waals surface area contributed by atoms with Crippen molar-refractivity contribution in [2.24, 2.45) is 11.8 Å². The van der Waals surface area contributed by atoms with Gasteiger partial charge in [0, 0.05) is 49.0 Å². The van der Waals surface area contributed by atoms with Crippen LogP contribution in [-0.4, -0.2) is 59.0 Å². The fraction of sp³-hybridized carbons (Fsp3) is 0.379. The van der Waals surface area contributed by atoms with E-state index in [9.17, 15) is 32.7 Å². The molecule has 2 aliphatic rings. The predicted octanol–water partition coefficient (Wildman–Crippen LogP) is 5.15. The van der Waals surface area contributed by atoms with Gasteiger partial charge in [-0.1, -0.05) is 24.6 Å². The molecule has 0 spiro atoms. The van der Waals surface area contributed by atoms with Crippen LogP contribution in [0.3, 0.4) is 0 Å². The molecule has 2 fully saturated rings. The van der Waals surface area contributed by atoms with Crippen LogP contribution in [0.5, 0.6) is 0 Å². The van der Waals surface area contributed by atoms with Gasteiger partial charge in [0.1, 0.15) is 0 Å². The second kappa shape index (κ2) is 11.6. The summed E-state index contributed by atoms with van der Waals surface area (Å²) in [6, 6.07) is 14.7. The quantitative estimate of drug-likeness (QED) is 0.421. The average molecular weight is 571 g/mol. The summed E-state index contributed by atoms with van der Waals surface area (Å²) in [7, 11) is 0. The third-order valence-corrected chi connectivity index (χ3v) is 7.57. The molecule has 1 aliphatic heterocycles. The zero-order valence-corrected chi connectivity index (χ0v) is 22.1. The van der Waals surface area contributed by atoms with Gasteiger partial charge in [0.25, 0.3) is 5.91 Å². The molecule has 1 aromatic heterocycles. The number of carbonyl (C=O) groups excluding carboxylic acids is 2. The molecule has 2 aromatic carbocycles. The maximum Gasteiger partial charge on any atom is 0.452 e. The molecule has 0 unspecified atom stereocenters. The lowest BCUT2D eigenvalue weighted by Crippen LogP contribution is -2.51. The molecule has 0 bridgehead atoms. The molecule has 1 saturated carbocycles. The van der Waals surface area contributed by atoms with Crippen LogP contribution in [0.4, 0.5) is 24.5 Å². The number of piperazine rings is 1. The van der Waals surface area contributed by atoms with Gasteiger partial charge in [-0.25, -0.2) is 4.98 Å². The van der Waals surface area contributed by atoms with E-state index in [-0.39, 0.29) is 23.4 Å². The van der Waals surface area contributed by atoms with Crippen LogP contribution >= 0.6 is 0 Å². The average Bonchev–Trinajstić information content (AvgIpc) is 3.45. The molecule has 2 N–H and O–H groups in total. The standard InChI is InChI=1S/C29H29F3N4O5/c30-29(31,32)24-23(34-26(41-24)18-5-2-1-3-6-18)25(37)33-21-9-11-22(12-10-21)35-13-15-36(16-14-35)27(38)19-7-4-8-20(17-19)28(39)40/h1-3,5-6,9-12,19-20H,4,7-8,13-17H2,(H,33,37)(H,39,40)/t19-,20+/m0/s1. The third kappa shape index (κ3) is 6.36. The van der Waals surface area contributed by atoms with Crippen molar-refractivity contribution in [3.8, 4) is 11.5 Å². The lowest BCUT2D eigenvalue weighted by atomic mass is 9.80. The lowest BCUT2D eigenvalue weighted by Gasteiger charge is -2.38. The van der Waals surface area contributed by atoms with Crippen molar-refractivity contribution in [2.45, 2.75) is 31.9 Å². The molecular formula is C29H29F3N4O5. The number of amides is 2. The molecule has 1 aliphatic carbocycles. The van der Waals surface area contributed by atoms with Gasteiger partial charge in [0.15, 0.2) is 5.69 Å². The Morgan fingerprint density at radius 3 is 2.22 bits per heavy atom. The van der Waals surface area contributed by atoms with Crippen LogP contribution in [-0.2, 0) is 15.8 Å². The largest absolute Gasteiger partial charge is 0.481 e. The number of carboxylic acids is 1. The molecule has 1 saturated heterocycles. The van der Waals surface area contributed by atoms with E-state index in [1.54, 1.807) is 47.4 Å². The van der Waals surface area contributed by atoms with Gasteiger partial charge in [0.2, 0.25) is 17.6 Å². The van der Waals surface area contributed by atoms with Crippen molar-refractivity contribution >= 4 is 29.2 Å². The maximum absolute atomic E-state index is 13.6. The number of halogens is 3. The first kappa shape index (κ1) is 28.2. The van der Waals surface area contributed by atoms with Crippen LogP contribution in [0.1, 0.15) is 41.9 Å². The molecule has 2 heterocycles. The molecular weight excluding hydrogens is 541 g/mol. The minimum atomic E-state index is -4.91. The first-order valence-electron chi connectivity index (χ1n) is 13.4. The summed E-state index contributed by atoms with van der Waals surface area (Å²) < 4.78 is 45.7. The van der Waals surface area contributed by atoms with Crippen LogP contribution in [0.25, 0.3) is 11.5 Å². The molecule has 9 nitrogen and oxygen atoms in total. The van der Waals surface area contributed by atoms with Crippen molar-refractivity contribution in [1.29, 1.82) is 0 Å². The zero-order chi connectivity index (χ0) is 29.1. The van der Waals surface area contributed by atoms with E-state index in [1.807, 2.05) is 0 Å². The second-order valence-corrected chi connectivity index (χ2v) is 10.3. The van der Waals surface area contributed by atoms with Gasteiger partial charge >= 0.3 is 12.1 Å². The van der Waals surface area contributed by atoms with Crippen LogP contribution in [0.15, 0.2) is 59.0 Å². The molecule has 216 valence electrons. The number of nitrogens with zero attached hydrogens (tertiary/aromatic N) is 3. The zero-order valence-electron chi connectivity index (χ0n) is 22.1. The van der Waals surface area contributed by atoms with E-state index in [2.05, 4.69) is 15.2 Å². The van der Waals surface area contributed by atoms with Crippen LogP contribution < -0.4 is 10.2 Å². The number of alkyl halides is 3. The fourth-order valence-electron chi connectivity index (χ4n) is 5.40. The summed E-state index contributed by atoms with van der Waals surface area (Å²) >= 11 is 0. The number of aliphatic carboxylic acids is 1. The monoisotopic (exact) mass is 570 g/mol. The highest BCUT2D eigenvalue weighted by atomic mass is 19.4. The normalized spacial score (nSPS) is 19.6. The molecule has 2 atom stereocenters. The highest BCUT2D eigenvalue weighted by molar-refractivity contribution is 6.04. The fourth-order valence-corrected chi connectivity index (χ4v) is 5.40. The molecule has 41 heavy (non-hydrogen) atoms.